The number of hydrogen-bond donors (Lipinski definition) is 1. The first-order valence-corrected chi connectivity index (χ1v) is 5.28. The third kappa shape index (κ3) is 2.64. The molecule has 1 rings (SSSR count). The van der Waals surface area contributed by atoms with Crippen molar-refractivity contribution in [3.8, 4) is 11.8 Å². The van der Waals surface area contributed by atoms with Gasteiger partial charge in [-0.1, -0.05) is 0 Å². The highest BCUT2D eigenvalue weighted by atomic mass is 19.1. The Labute approximate surface area is 98.7 Å². The topological polar surface area (TPSA) is 74.4 Å². The number of nitrogens with two attached hydrogens (primary N) is 1. The number of rotatable bonds is 5. The van der Waals surface area contributed by atoms with Gasteiger partial charge in [-0.2, -0.15) is 4.98 Å². The summed E-state index contributed by atoms with van der Waals surface area (Å²) < 4.78 is 24.2. The van der Waals surface area contributed by atoms with Crippen LogP contribution in [0.15, 0.2) is 0 Å². The fourth-order valence-electron chi connectivity index (χ4n) is 1.34. The highest BCUT2D eigenvalue weighted by Gasteiger charge is 2.23. The average Bonchev–Trinajstić information content (AvgIpc) is 2.25. The Balaban J connectivity index is 3.39. The first-order valence-electron chi connectivity index (χ1n) is 5.28. The molecule has 1 heterocycles. The van der Waals surface area contributed by atoms with Crippen molar-refractivity contribution in [3.63, 3.8) is 0 Å². The Morgan fingerprint density at radius 3 is 2.29 bits per heavy atom. The number of carbonyl (C=O) groups excluding carboxylic acids is 1. The van der Waals surface area contributed by atoms with Crippen LogP contribution in [0.5, 0.6) is 11.8 Å². The minimum atomic E-state index is -0.912. The number of hydrogen-bond acceptors (Lipinski definition) is 4. The standard InChI is InChI=1S/C11H15FN2O3/c1-4-16-10-6(3)8(12)7(9(13)15)11(14-10)17-5-2/h4-5H2,1-3H3,(H2,13,15). The van der Waals surface area contributed by atoms with Gasteiger partial charge in [-0.3, -0.25) is 4.79 Å². The van der Waals surface area contributed by atoms with Gasteiger partial charge in [-0.15, -0.1) is 0 Å². The second kappa shape index (κ2) is 5.47. The van der Waals surface area contributed by atoms with Crippen LogP contribution in [0.2, 0.25) is 0 Å². The highest BCUT2D eigenvalue weighted by molar-refractivity contribution is 5.95. The number of halogens is 1. The van der Waals surface area contributed by atoms with E-state index >= 15 is 0 Å². The fourth-order valence-corrected chi connectivity index (χ4v) is 1.34. The monoisotopic (exact) mass is 242 g/mol. The van der Waals surface area contributed by atoms with Crippen LogP contribution in [0, 0.1) is 12.7 Å². The lowest BCUT2D eigenvalue weighted by molar-refractivity contribution is 0.0991. The molecule has 1 aromatic rings. The summed E-state index contributed by atoms with van der Waals surface area (Å²) in [4.78, 5) is 15.1. The largest absolute Gasteiger partial charge is 0.478 e. The van der Waals surface area contributed by atoms with Crippen LogP contribution in [0.3, 0.4) is 0 Å². The van der Waals surface area contributed by atoms with E-state index in [-0.39, 0.29) is 29.5 Å². The number of ether oxygens (including phenoxy) is 2. The molecule has 1 aromatic heterocycles. The number of nitrogens with zero attached hydrogens (tertiary/aromatic N) is 1. The molecule has 17 heavy (non-hydrogen) atoms. The molecule has 1 amide bonds. The van der Waals surface area contributed by atoms with E-state index in [2.05, 4.69) is 4.98 Å². The summed E-state index contributed by atoms with van der Waals surface area (Å²) in [6.07, 6.45) is 0. The van der Waals surface area contributed by atoms with Gasteiger partial charge in [0.2, 0.25) is 11.8 Å². The lowest BCUT2D eigenvalue weighted by Crippen LogP contribution is -2.18. The fraction of sp³-hybridized carbons (Fsp3) is 0.455. The van der Waals surface area contributed by atoms with Crippen LogP contribution in [-0.4, -0.2) is 24.1 Å². The molecule has 2 N–H and O–H groups in total. The van der Waals surface area contributed by atoms with Crippen molar-refractivity contribution in [3.05, 3.63) is 16.9 Å². The molecule has 94 valence electrons. The van der Waals surface area contributed by atoms with Crippen LogP contribution >= 0.6 is 0 Å². The van der Waals surface area contributed by atoms with Gasteiger partial charge in [0, 0.05) is 5.56 Å². The molecule has 0 atom stereocenters. The SMILES string of the molecule is CCOc1nc(OCC)c(C(N)=O)c(F)c1C. The average molecular weight is 242 g/mol. The van der Waals surface area contributed by atoms with Gasteiger partial charge in [0.25, 0.3) is 5.91 Å². The van der Waals surface area contributed by atoms with Gasteiger partial charge in [0.05, 0.1) is 13.2 Å². The first-order chi connectivity index (χ1) is 8.02. The lowest BCUT2D eigenvalue weighted by Gasteiger charge is -2.13. The Morgan fingerprint density at radius 2 is 1.82 bits per heavy atom. The molecule has 0 saturated heterocycles. The first kappa shape index (κ1) is 13.2. The van der Waals surface area contributed by atoms with E-state index in [1.165, 1.54) is 6.92 Å². The maximum atomic E-state index is 13.9. The number of carbonyl (C=O) groups is 1. The summed E-state index contributed by atoms with van der Waals surface area (Å²) in [5.74, 6) is -1.69. The van der Waals surface area contributed by atoms with Crippen LogP contribution in [-0.2, 0) is 0 Å². The van der Waals surface area contributed by atoms with Gasteiger partial charge >= 0.3 is 0 Å². The van der Waals surface area contributed by atoms with E-state index in [0.29, 0.717) is 6.61 Å². The summed E-state index contributed by atoms with van der Waals surface area (Å²) in [5.41, 5.74) is 4.90. The minimum absolute atomic E-state index is 0.110. The summed E-state index contributed by atoms with van der Waals surface area (Å²) in [7, 11) is 0. The molecule has 0 unspecified atom stereocenters. The zero-order chi connectivity index (χ0) is 13.0. The van der Waals surface area contributed by atoms with E-state index in [1.807, 2.05) is 0 Å². The van der Waals surface area contributed by atoms with E-state index in [0.717, 1.165) is 0 Å². The molecule has 0 aliphatic heterocycles. The number of pyridine rings is 1. The van der Waals surface area contributed by atoms with Gasteiger partial charge in [0.15, 0.2) is 0 Å². The zero-order valence-electron chi connectivity index (χ0n) is 10.0. The highest BCUT2D eigenvalue weighted by Crippen LogP contribution is 2.28. The van der Waals surface area contributed by atoms with Gasteiger partial charge in [-0.25, -0.2) is 4.39 Å². The molecule has 0 aliphatic carbocycles. The Morgan fingerprint density at radius 1 is 1.29 bits per heavy atom. The van der Waals surface area contributed by atoms with Crippen molar-refractivity contribution in [2.24, 2.45) is 5.73 Å². The Kier molecular flexibility index (Phi) is 4.25. The molecule has 6 heteroatoms. The lowest BCUT2D eigenvalue weighted by atomic mass is 10.1. The van der Waals surface area contributed by atoms with Gasteiger partial charge < -0.3 is 15.2 Å². The summed E-state index contributed by atoms with van der Waals surface area (Å²) in [6, 6.07) is 0. The summed E-state index contributed by atoms with van der Waals surface area (Å²) >= 11 is 0. The quantitative estimate of drug-likeness (QED) is 0.847. The predicted octanol–water partition coefficient (Wildman–Crippen LogP) is 1.43. The smallest absolute Gasteiger partial charge is 0.257 e. The van der Waals surface area contributed by atoms with Crippen molar-refractivity contribution in [1.29, 1.82) is 0 Å². The van der Waals surface area contributed by atoms with Gasteiger partial charge in [-0.05, 0) is 20.8 Å². The maximum absolute atomic E-state index is 13.9. The molecule has 0 spiro atoms. The second-order valence-electron chi connectivity index (χ2n) is 3.27. The third-order valence-corrected chi connectivity index (χ3v) is 2.09. The Bertz CT molecular complexity index is 435. The molecule has 5 nitrogen and oxygen atoms in total. The molecular weight excluding hydrogens is 227 g/mol. The van der Waals surface area contributed by atoms with Crippen molar-refractivity contribution in [2.75, 3.05) is 13.2 Å². The predicted molar refractivity (Wildman–Crippen MR) is 59.8 cm³/mol. The molecule has 0 aliphatic rings. The van der Waals surface area contributed by atoms with E-state index < -0.39 is 11.7 Å². The number of aromatic nitrogens is 1. The van der Waals surface area contributed by atoms with Crippen molar-refractivity contribution in [1.82, 2.24) is 4.98 Å². The number of amides is 1. The van der Waals surface area contributed by atoms with E-state index in [9.17, 15) is 9.18 Å². The second-order valence-corrected chi connectivity index (χ2v) is 3.27. The zero-order valence-corrected chi connectivity index (χ0v) is 10.0. The minimum Gasteiger partial charge on any atom is -0.478 e. The molecule has 0 fully saturated rings. The van der Waals surface area contributed by atoms with Crippen LogP contribution in [0.1, 0.15) is 29.8 Å². The molecule has 0 aromatic carbocycles. The number of primary amides is 1. The van der Waals surface area contributed by atoms with Crippen molar-refractivity contribution < 1.29 is 18.7 Å². The normalized spacial score (nSPS) is 10.1. The molecule has 0 saturated carbocycles. The third-order valence-electron chi connectivity index (χ3n) is 2.09. The van der Waals surface area contributed by atoms with Crippen LogP contribution < -0.4 is 15.2 Å². The van der Waals surface area contributed by atoms with Crippen molar-refractivity contribution >= 4 is 5.91 Å². The van der Waals surface area contributed by atoms with Gasteiger partial charge in [0.1, 0.15) is 11.4 Å². The Hall–Kier alpha value is -1.85. The van der Waals surface area contributed by atoms with Crippen LogP contribution in [0.4, 0.5) is 4.39 Å². The maximum Gasteiger partial charge on any atom is 0.257 e. The summed E-state index contributed by atoms with van der Waals surface area (Å²) in [6.45, 7) is 5.51. The molecule has 0 radical (unpaired) electrons. The molecule has 0 bridgehead atoms. The van der Waals surface area contributed by atoms with Crippen molar-refractivity contribution in [2.45, 2.75) is 20.8 Å². The van der Waals surface area contributed by atoms with E-state index in [4.69, 9.17) is 15.2 Å². The van der Waals surface area contributed by atoms with E-state index in [1.54, 1.807) is 13.8 Å². The molecular formula is C11H15FN2O3. The summed E-state index contributed by atoms with van der Waals surface area (Å²) in [5, 5.41) is 0. The van der Waals surface area contributed by atoms with Crippen LogP contribution in [0.25, 0.3) is 0 Å².